The average molecular weight is 265 g/mol. The summed E-state index contributed by atoms with van der Waals surface area (Å²) in [6.45, 7) is 5.62. The van der Waals surface area contributed by atoms with Crippen molar-refractivity contribution in [3.05, 3.63) is 23.4 Å². The highest BCUT2D eigenvalue weighted by atomic mass is 16.5. The number of ether oxygens (including phenoxy) is 2. The van der Waals surface area contributed by atoms with Gasteiger partial charge in [0.25, 0.3) is 0 Å². The Bertz CT molecular complexity index is 400. The molecule has 0 radical (unpaired) electrons. The molecule has 19 heavy (non-hydrogen) atoms. The SMILES string of the molecule is CC=CCC1=C(N2CCCC2COC)C(C)OC1=O. The van der Waals surface area contributed by atoms with E-state index in [1.165, 1.54) is 0 Å². The molecule has 1 saturated heterocycles. The van der Waals surface area contributed by atoms with Crippen LogP contribution in [0.25, 0.3) is 0 Å². The summed E-state index contributed by atoms with van der Waals surface area (Å²) < 4.78 is 10.7. The molecular weight excluding hydrogens is 242 g/mol. The van der Waals surface area contributed by atoms with Crippen molar-refractivity contribution in [1.29, 1.82) is 0 Å². The molecule has 0 aromatic heterocycles. The van der Waals surface area contributed by atoms with Gasteiger partial charge in [-0.3, -0.25) is 0 Å². The summed E-state index contributed by atoms with van der Waals surface area (Å²) in [6.07, 6.45) is 6.77. The first-order valence-electron chi connectivity index (χ1n) is 6.99. The van der Waals surface area contributed by atoms with Crippen molar-refractivity contribution in [2.75, 3.05) is 20.3 Å². The van der Waals surface area contributed by atoms with Crippen LogP contribution in [0.5, 0.6) is 0 Å². The Morgan fingerprint density at radius 2 is 2.32 bits per heavy atom. The summed E-state index contributed by atoms with van der Waals surface area (Å²) in [5, 5.41) is 0. The standard InChI is InChI=1S/C15H23NO3/c1-4-5-8-13-14(11(2)19-15(13)17)16-9-6-7-12(16)10-18-3/h4-5,11-12H,6-10H2,1-3H3. The maximum atomic E-state index is 12.0. The van der Waals surface area contributed by atoms with Crippen LogP contribution in [0.4, 0.5) is 0 Å². The van der Waals surface area contributed by atoms with Crippen LogP contribution in [-0.4, -0.2) is 43.3 Å². The fourth-order valence-corrected chi connectivity index (χ4v) is 2.99. The van der Waals surface area contributed by atoms with Crippen LogP contribution in [0.15, 0.2) is 23.4 Å². The minimum atomic E-state index is -0.163. The molecule has 0 spiro atoms. The van der Waals surface area contributed by atoms with Crippen LogP contribution in [0.1, 0.15) is 33.1 Å². The summed E-state index contributed by atoms with van der Waals surface area (Å²) >= 11 is 0. The van der Waals surface area contributed by atoms with Gasteiger partial charge in [-0.15, -0.1) is 0 Å². The highest BCUT2D eigenvalue weighted by Crippen LogP contribution is 2.33. The monoisotopic (exact) mass is 265 g/mol. The van der Waals surface area contributed by atoms with Gasteiger partial charge in [0.1, 0.15) is 6.10 Å². The molecule has 2 aliphatic heterocycles. The van der Waals surface area contributed by atoms with Crippen molar-refractivity contribution < 1.29 is 14.3 Å². The van der Waals surface area contributed by atoms with Crippen molar-refractivity contribution in [2.24, 2.45) is 0 Å². The van der Waals surface area contributed by atoms with E-state index in [4.69, 9.17) is 9.47 Å². The lowest BCUT2D eigenvalue weighted by atomic mass is 10.1. The quantitative estimate of drug-likeness (QED) is 0.564. The number of likely N-dealkylation sites (tertiary alicyclic amines) is 1. The minimum Gasteiger partial charge on any atom is -0.453 e. The normalized spacial score (nSPS) is 27.7. The second-order valence-electron chi connectivity index (χ2n) is 5.13. The number of rotatable bonds is 5. The third-order valence-electron chi connectivity index (χ3n) is 3.83. The molecule has 0 amide bonds. The van der Waals surface area contributed by atoms with Gasteiger partial charge in [-0.2, -0.15) is 0 Å². The lowest BCUT2D eigenvalue weighted by Crippen LogP contribution is -2.35. The molecule has 2 aliphatic rings. The van der Waals surface area contributed by atoms with Gasteiger partial charge in [0.05, 0.1) is 23.9 Å². The van der Waals surface area contributed by atoms with E-state index in [9.17, 15) is 4.79 Å². The Hall–Kier alpha value is -1.29. The molecule has 4 heteroatoms. The first-order valence-corrected chi connectivity index (χ1v) is 6.99. The Morgan fingerprint density at radius 1 is 1.53 bits per heavy atom. The van der Waals surface area contributed by atoms with Gasteiger partial charge >= 0.3 is 5.97 Å². The number of cyclic esters (lactones) is 1. The van der Waals surface area contributed by atoms with Crippen LogP contribution >= 0.6 is 0 Å². The van der Waals surface area contributed by atoms with Gasteiger partial charge < -0.3 is 14.4 Å². The summed E-state index contributed by atoms with van der Waals surface area (Å²) in [6, 6.07) is 0.373. The van der Waals surface area contributed by atoms with Crippen LogP contribution in [0, 0.1) is 0 Å². The second-order valence-corrected chi connectivity index (χ2v) is 5.13. The van der Waals surface area contributed by atoms with E-state index in [1.807, 2.05) is 26.0 Å². The summed E-state index contributed by atoms with van der Waals surface area (Å²) in [7, 11) is 1.73. The molecule has 0 bridgehead atoms. The predicted octanol–water partition coefficient (Wildman–Crippen LogP) is 2.26. The molecule has 0 aliphatic carbocycles. The molecule has 0 aromatic rings. The topological polar surface area (TPSA) is 38.8 Å². The fraction of sp³-hybridized carbons (Fsp3) is 0.667. The van der Waals surface area contributed by atoms with Crippen molar-refractivity contribution in [3.8, 4) is 0 Å². The van der Waals surface area contributed by atoms with Crippen LogP contribution in [0.3, 0.4) is 0 Å². The van der Waals surface area contributed by atoms with Crippen molar-refractivity contribution >= 4 is 5.97 Å². The molecular formula is C15H23NO3. The molecule has 106 valence electrons. The number of carbonyl (C=O) groups excluding carboxylic acids is 1. The van der Waals surface area contributed by atoms with Gasteiger partial charge in [0.15, 0.2) is 0 Å². The van der Waals surface area contributed by atoms with Gasteiger partial charge in [-0.25, -0.2) is 4.79 Å². The Morgan fingerprint density at radius 3 is 3.00 bits per heavy atom. The van der Waals surface area contributed by atoms with E-state index in [0.717, 1.165) is 30.7 Å². The molecule has 0 saturated carbocycles. The first-order chi connectivity index (χ1) is 9.19. The molecule has 1 fully saturated rings. The number of allylic oxidation sites excluding steroid dienone is 2. The molecule has 2 atom stereocenters. The van der Waals surface area contributed by atoms with E-state index in [-0.39, 0.29) is 12.1 Å². The molecule has 0 N–H and O–H groups in total. The lowest BCUT2D eigenvalue weighted by molar-refractivity contribution is -0.139. The van der Waals surface area contributed by atoms with E-state index < -0.39 is 0 Å². The third-order valence-corrected chi connectivity index (χ3v) is 3.83. The molecule has 2 rings (SSSR count). The highest BCUT2D eigenvalue weighted by Gasteiger charge is 2.38. The van der Waals surface area contributed by atoms with Gasteiger partial charge in [0.2, 0.25) is 0 Å². The second kappa shape index (κ2) is 6.24. The molecule has 0 aromatic carbocycles. The van der Waals surface area contributed by atoms with Crippen LogP contribution in [-0.2, 0) is 14.3 Å². The summed E-state index contributed by atoms with van der Waals surface area (Å²) in [5.74, 6) is -0.163. The largest absolute Gasteiger partial charge is 0.453 e. The number of nitrogens with zero attached hydrogens (tertiary/aromatic N) is 1. The van der Waals surface area contributed by atoms with Crippen LogP contribution < -0.4 is 0 Å². The minimum absolute atomic E-state index is 0.134. The van der Waals surface area contributed by atoms with Gasteiger partial charge in [-0.05, 0) is 33.1 Å². The van der Waals surface area contributed by atoms with Crippen molar-refractivity contribution in [3.63, 3.8) is 0 Å². The van der Waals surface area contributed by atoms with E-state index in [1.54, 1.807) is 7.11 Å². The number of hydrogen-bond acceptors (Lipinski definition) is 4. The smallest absolute Gasteiger partial charge is 0.336 e. The average Bonchev–Trinajstić information content (AvgIpc) is 2.92. The molecule has 2 heterocycles. The van der Waals surface area contributed by atoms with Crippen molar-refractivity contribution in [1.82, 2.24) is 4.90 Å². The Labute approximate surface area is 115 Å². The maximum absolute atomic E-state index is 12.0. The summed E-state index contributed by atoms with van der Waals surface area (Å²) in [4.78, 5) is 14.3. The zero-order valence-electron chi connectivity index (χ0n) is 12.0. The van der Waals surface area contributed by atoms with Crippen molar-refractivity contribution in [2.45, 2.75) is 45.3 Å². The third kappa shape index (κ3) is 2.84. The number of hydrogen-bond donors (Lipinski definition) is 0. The maximum Gasteiger partial charge on any atom is 0.336 e. The Kier molecular flexibility index (Phi) is 4.64. The van der Waals surface area contributed by atoms with Gasteiger partial charge in [-0.1, -0.05) is 12.2 Å². The van der Waals surface area contributed by atoms with E-state index in [0.29, 0.717) is 19.1 Å². The van der Waals surface area contributed by atoms with E-state index >= 15 is 0 Å². The zero-order valence-corrected chi connectivity index (χ0v) is 12.0. The van der Waals surface area contributed by atoms with E-state index in [2.05, 4.69) is 4.90 Å². The summed E-state index contributed by atoms with van der Waals surface area (Å²) in [5.41, 5.74) is 1.89. The first kappa shape index (κ1) is 14.1. The highest BCUT2D eigenvalue weighted by molar-refractivity contribution is 5.92. The predicted molar refractivity (Wildman–Crippen MR) is 73.6 cm³/mol. The fourth-order valence-electron chi connectivity index (χ4n) is 2.99. The molecule has 4 nitrogen and oxygen atoms in total. The Balaban J connectivity index is 2.26. The van der Waals surface area contributed by atoms with Gasteiger partial charge in [0, 0.05) is 13.7 Å². The zero-order chi connectivity index (χ0) is 13.8. The number of carbonyl (C=O) groups is 1. The molecule has 2 unspecified atom stereocenters. The number of esters is 1. The number of methoxy groups -OCH3 is 1. The van der Waals surface area contributed by atoms with Crippen LogP contribution in [0.2, 0.25) is 0 Å². The lowest BCUT2D eigenvalue weighted by Gasteiger charge is -2.29.